The number of fused-ring (bicyclic) bond motifs is 4. The van der Waals surface area contributed by atoms with Gasteiger partial charge in [0.1, 0.15) is 12.1 Å². The minimum Gasteiger partial charge on any atom is -0.477 e. The number of nitrogens with one attached hydrogen (secondary N) is 1. The van der Waals surface area contributed by atoms with Crippen LogP contribution in [-0.2, 0) is 16.0 Å². The van der Waals surface area contributed by atoms with Gasteiger partial charge in [-0.2, -0.15) is 4.98 Å². The molecule has 1 aromatic carbocycles. The number of hydrogen-bond acceptors (Lipinski definition) is 5. The first-order valence-corrected chi connectivity index (χ1v) is 13.4. The van der Waals surface area contributed by atoms with E-state index < -0.39 is 6.04 Å². The Morgan fingerprint density at radius 1 is 1.08 bits per heavy atom. The van der Waals surface area contributed by atoms with E-state index in [-0.39, 0.29) is 23.8 Å². The third kappa shape index (κ3) is 5.35. The maximum atomic E-state index is 13.4. The van der Waals surface area contributed by atoms with Crippen molar-refractivity contribution in [1.29, 1.82) is 0 Å². The van der Waals surface area contributed by atoms with Gasteiger partial charge in [-0.1, -0.05) is 44.2 Å². The molecular formula is C29H37N3O4. The molecule has 7 heteroatoms. The van der Waals surface area contributed by atoms with Crippen molar-refractivity contribution in [3.8, 4) is 11.8 Å². The molecule has 36 heavy (non-hydrogen) atoms. The van der Waals surface area contributed by atoms with Crippen molar-refractivity contribution >= 4 is 22.6 Å². The minimum atomic E-state index is -0.538. The number of benzene rings is 1. The third-order valence-corrected chi connectivity index (χ3v) is 7.63. The summed E-state index contributed by atoms with van der Waals surface area (Å²) in [5.74, 6) is 1.89. The molecule has 0 spiro atoms. The summed E-state index contributed by atoms with van der Waals surface area (Å²) in [6, 6.07) is 7.57. The topological polar surface area (TPSA) is 80.8 Å². The van der Waals surface area contributed by atoms with E-state index >= 15 is 0 Å². The minimum absolute atomic E-state index is 0.0279. The maximum absolute atomic E-state index is 13.4. The zero-order valence-corrected chi connectivity index (χ0v) is 21.4. The normalized spacial score (nSPS) is 28.4. The fourth-order valence-corrected chi connectivity index (χ4v) is 5.86. The summed E-state index contributed by atoms with van der Waals surface area (Å²) in [5.41, 5.74) is 1.12. The third-order valence-electron chi connectivity index (χ3n) is 7.63. The van der Waals surface area contributed by atoms with Crippen LogP contribution in [0.3, 0.4) is 0 Å². The van der Waals surface area contributed by atoms with Gasteiger partial charge in [-0.05, 0) is 55.4 Å². The Balaban J connectivity index is 1.39. The number of amides is 2. The Morgan fingerprint density at radius 2 is 1.92 bits per heavy atom. The number of ether oxygens (including phenoxy) is 2. The smallest absolute Gasteiger partial charge is 0.243 e. The highest BCUT2D eigenvalue weighted by Crippen LogP contribution is 2.37. The molecule has 0 aliphatic carbocycles. The predicted octanol–water partition coefficient (Wildman–Crippen LogP) is 4.43. The van der Waals surface area contributed by atoms with Crippen molar-refractivity contribution in [3.63, 3.8) is 0 Å². The van der Waals surface area contributed by atoms with Crippen LogP contribution in [0.15, 0.2) is 36.4 Å². The summed E-state index contributed by atoms with van der Waals surface area (Å²) in [5, 5.41) is 5.03. The van der Waals surface area contributed by atoms with Gasteiger partial charge in [-0.15, -0.1) is 0 Å². The molecule has 1 saturated heterocycles. The Bertz CT molecular complexity index is 1150. The summed E-state index contributed by atoms with van der Waals surface area (Å²) >= 11 is 0. The lowest BCUT2D eigenvalue weighted by molar-refractivity contribution is -0.139. The number of allylic oxidation sites excluding steroid dienone is 1. The zero-order chi connectivity index (χ0) is 25.1. The van der Waals surface area contributed by atoms with Crippen molar-refractivity contribution in [2.45, 2.75) is 70.9 Å². The Morgan fingerprint density at radius 3 is 2.78 bits per heavy atom. The maximum Gasteiger partial charge on any atom is 0.243 e. The van der Waals surface area contributed by atoms with Crippen molar-refractivity contribution in [2.75, 3.05) is 19.7 Å². The van der Waals surface area contributed by atoms with Crippen LogP contribution in [0, 0.1) is 11.8 Å². The lowest BCUT2D eigenvalue weighted by atomic mass is 9.91. The highest BCUT2D eigenvalue weighted by atomic mass is 16.5. The number of hydrogen-bond donors (Lipinski definition) is 1. The van der Waals surface area contributed by atoms with Crippen LogP contribution in [-0.4, -0.2) is 53.5 Å². The molecule has 4 atom stereocenters. The summed E-state index contributed by atoms with van der Waals surface area (Å²) in [7, 11) is 0. The van der Waals surface area contributed by atoms with Crippen molar-refractivity contribution < 1.29 is 19.1 Å². The van der Waals surface area contributed by atoms with Gasteiger partial charge in [0, 0.05) is 30.3 Å². The molecule has 0 bridgehead atoms. The summed E-state index contributed by atoms with van der Waals surface area (Å²) in [6.07, 6.45) is 9.74. The lowest BCUT2D eigenvalue weighted by Gasteiger charge is -2.26. The molecule has 3 aliphatic rings. The molecule has 2 aromatic rings. The first-order valence-electron chi connectivity index (χ1n) is 13.4. The van der Waals surface area contributed by atoms with E-state index in [1.807, 2.05) is 24.3 Å². The SMILES string of the molecule is C[C@@H]1CC/C=C\CNC(=O)[C@@H]2C[C@@H](Oc3nc4c(c5ccccc35)CCCO4)CN2C(=O)C[C@H](C)C1. The molecule has 4 heterocycles. The second-order valence-electron chi connectivity index (χ2n) is 10.7. The molecule has 0 radical (unpaired) electrons. The van der Waals surface area contributed by atoms with Gasteiger partial charge in [-0.3, -0.25) is 9.59 Å². The van der Waals surface area contributed by atoms with E-state index in [0.29, 0.717) is 50.2 Å². The standard InChI is InChI=1S/C29H37N3O4/c1-19-9-4-3-7-13-30-27(34)25-17-21(18-32(25)26(33)16-20(2)15-19)36-29-24-11-6-5-10-22(24)23-12-8-14-35-28(23)31-29/h3,5-7,10-11,19-21,25H,4,8-9,12-18H2,1-2H3,(H,30,34)/b7-3-/t19-,20-,21-,25+/m1/s1. The monoisotopic (exact) mass is 491 g/mol. The number of rotatable bonds is 2. The number of pyridine rings is 1. The van der Waals surface area contributed by atoms with Gasteiger partial charge in [0.15, 0.2) is 0 Å². The number of carbonyl (C=O) groups is 2. The highest BCUT2D eigenvalue weighted by Gasteiger charge is 2.41. The van der Waals surface area contributed by atoms with E-state index in [1.165, 1.54) is 0 Å². The first-order chi connectivity index (χ1) is 17.5. The van der Waals surface area contributed by atoms with Crippen LogP contribution in [0.25, 0.3) is 10.8 Å². The van der Waals surface area contributed by atoms with E-state index in [1.54, 1.807) is 4.90 Å². The van der Waals surface area contributed by atoms with E-state index in [0.717, 1.165) is 48.4 Å². The van der Waals surface area contributed by atoms with Crippen molar-refractivity contribution in [3.05, 3.63) is 42.0 Å². The zero-order valence-electron chi connectivity index (χ0n) is 21.4. The largest absolute Gasteiger partial charge is 0.477 e. The molecule has 0 unspecified atom stereocenters. The molecule has 192 valence electrons. The second kappa shape index (κ2) is 10.9. The molecule has 2 amide bonds. The number of nitrogens with zero attached hydrogens (tertiary/aromatic N) is 2. The molecule has 1 N–H and O–H groups in total. The summed E-state index contributed by atoms with van der Waals surface area (Å²) in [6.45, 7) is 5.89. The molecule has 1 aromatic heterocycles. The van der Waals surface area contributed by atoms with Gasteiger partial charge in [0.25, 0.3) is 0 Å². The van der Waals surface area contributed by atoms with Crippen LogP contribution in [0.4, 0.5) is 0 Å². The predicted molar refractivity (Wildman–Crippen MR) is 139 cm³/mol. The van der Waals surface area contributed by atoms with Gasteiger partial charge in [-0.25, -0.2) is 0 Å². The molecule has 5 rings (SSSR count). The second-order valence-corrected chi connectivity index (χ2v) is 10.7. The highest BCUT2D eigenvalue weighted by molar-refractivity contribution is 5.91. The lowest BCUT2D eigenvalue weighted by Crippen LogP contribution is -2.46. The Hall–Kier alpha value is -3.09. The van der Waals surface area contributed by atoms with E-state index in [4.69, 9.17) is 14.5 Å². The quantitative estimate of drug-likeness (QED) is 0.629. The number of carbonyl (C=O) groups excluding carboxylic acids is 2. The fourth-order valence-electron chi connectivity index (χ4n) is 5.86. The van der Waals surface area contributed by atoms with Gasteiger partial charge in [0.2, 0.25) is 23.6 Å². The molecule has 0 saturated carbocycles. The van der Waals surface area contributed by atoms with Gasteiger partial charge in [0.05, 0.1) is 13.2 Å². The molecule has 7 nitrogen and oxygen atoms in total. The summed E-state index contributed by atoms with van der Waals surface area (Å²) < 4.78 is 12.3. The molecule has 1 fully saturated rings. The van der Waals surface area contributed by atoms with Crippen molar-refractivity contribution in [1.82, 2.24) is 15.2 Å². The van der Waals surface area contributed by atoms with Gasteiger partial charge >= 0.3 is 0 Å². The van der Waals surface area contributed by atoms with Crippen LogP contribution >= 0.6 is 0 Å². The molecular weight excluding hydrogens is 454 g/mol. The average Bonchev–Trinajstić information content (AvgIpc) is 3.29. The summed E-state index contributed by atoms with van der Waals surface area (Å²) in [4.78, 5) is 33.0. The fraction of sp³-hybridized carbons (Fsp3) is 0.552. The van der Waals surface area contributed by atoms with Crippen LogP contribution in [0.1, 0.15) is 57.9 Å². The average molecular weight is 492 g/mol. The van der Waals surface area contributed by atoms with Crippen LogP contribution in [0.2, 0.25) is 0 Å². The van der Waals surface area contributed by atoms with Crippen molar-refractivity contribution in [2.24, 2.45) is 11.8 Å². The number of aromatic nitrogens is 1. The number of aryl methyl sites for hydroxylation is 1. The first kappa shape index (κ1) is 24.6. The van der Waals surface area contributed by atoms with Gasteiger partial charge < -0.3 is 19.7 Å². The molecule has 3 aliphatic heterocycles. The van der Waals surface area contributed by atoms with Crippen LogP contribution < -0.4 is 14.8 Å². The van der Waals surface area contributed by atoms with E-state index in [2.05, 4.69) is 31.3 Å². The van der Waals surface area contributed by atoms with Crippen LogP contribution in [0.5, 0.6) is 11.8 Å². The Labute approximate surface area is 213 Å². The Kier molecular flexibility index (Phi) is 7.44. The van der Waals surface area contributed by atoms with E-state index in [9.17, 15) is 9.59 Å².